The lowest BCUT2D eigenvalue weighted by Crippen LogP contribution is -2.47. The summed E-state index contributed by atoms with van der Waals surface area (Å²) in [5.74, 6) is -1.42. The van der Waals surface area contributed by atoms with Crippen LogP contribution in [0.25, 0.3) is 10.2 Å². The molecule has 3 amide bonds. The molecule has 10 heteroatoms. The van der Waals surface area contributed by atoms with Crippen LogP contribution < -0.4 is 21.1 Å². The van der Waals surface area contributed by atoms with E-state index in [9.17, 15) is 14.4 Å². The van der Waals surface area contributed by atoms with Gasteiger partial charge in [0.2, 0.25) is 11.8 Å². The van der Waals surface area contributed by atoms with Crippen molar-refractivity contribution in [2.75, 3.05) is 29.6 Å². The van der Waals surface area contributed by atoms with Gasteiger partial charge < -0.3 is 10.2 Å². The van der Waals surface area contributed by atoms with Crippen LogP contribution in [0.5, 0.6) is 0 Å². The Bertz CT molecular complexity index is 1100. The SMILES string of the molecule is CSc1cccc(N2CC(C(=O)NNC(=O)CNc3nc4ccccc4s3)CC2=O)c1. The minimum Gasteiger partial charge on any atom is -0.352 e. The first kappa shape index (κ1) is 21.1. The molecule has 3 aromatic rings. The molecule has 0 spiro atoms. The third-order valence-electron chi connectivity index (χ3n) is 4.88. The van der Waals surface area contributed by atoms with Gasteiger partial charge in [-0.25, -0.2) is 4.98 Å². The zero-order valence-electron chi connectivity index (χ0n) is 16.8. The Morgan fingerprint density at radius 1 is 1.19 bits per heavy atom. The molecule has 1 unspecified atom stereocenters. The molecule has 0 bridgehead atoms. The Labute approximate surface area is 187 Å². The average Bonchev–Trinajstić information content (AvgIpc) is 3.39. The molecule has 0 saturated carbocycles. The summed E-state index contributed by atoms with van der Waals surface area (Å²) >= 11 is 3.04. The summed E-state index contributed by atoms with van der Waals surface area (Å²) in [6.45, 7) is 0.250. The van der Waals surface area contributed by atoms with Crippen LogP contribution in [0.15, 0.2) is 53.4 Å². The topological polar surface area (TPSA) is 103 Å². The predicted molar refractivity (Wildman–Crippen MR) is 123 cm³/mol. The molecule has 0 radical (unpaired) electrons. The molecule has 3 N–H and O–H groups in total. The summed E-state index contributed by atoms with van der Waals surface area (Å²) in [5.41, 5.74) is 6.46. The Balaban J connectivity index is 1.26. The monoisotopic (exact) mass is 455 g/mol. The van der Waals surface area contributed by atoms with Crippen LogP contribution in [0, 0.1) is 5.92 Å². The lowest BCUT2D eigenvalue weighted by atomic mass is 10.1. The predicted octanol–water partition coefficient (Wildman–Crippen LogP) is 2.63. The third-order valence-corrected chi connectivity index (χ3v) is 6.60. The minimum atomic E-state index is -0.525. The molecule has 1 aromatic heterocycles. The van der Waals surface area contributed by atoms with Crippen molar-refractivity contribution in [2.24, 2.45) is 5.92 Å². The smallest absolute Gasteiger partial charge is 0.257 e. The fraction of sp³-hybridized carbons (Fsp3) is 0.238. The maximum atomic E-state index is 12.4. The van der Waals surface area contributed by atoms with Crippen LogP contribution in [0.2, 0.25) is 0 Å². The van der Waals surface area contributed by atoms with Gasteiger partial charge >= 0.3 is 0 Å². The molecule has 4 rings (SSSR count). The number of para-hydroxylation sites is 1. The van der Waals surface area contributed by atoms with E-state index in [4.69, 9.17) is 0 Å². The maximum absolute atomic E-state index is 12.4. The minimum absolute atomic E-state index is 0.0305. The molecule has 1 fully saturated rings. The molecule has 2 aromatic carbocycles. The number of aromatic nitrogens is 1. The standard InChI is InChI=1S/C21H21N5O3S2/c1-30-15-6-4-5-14(10-15)26-12-13(9-19(26)28)20(29)25-24-18(27)11-22-21-23-16-7-2-3-8-17(16)31-21/h2-8,10,13H,9,11-12H2,1H3,(H,22,23)(H,24,27)(H,25,29). The second-order valence-corrected chi connectivity index (χ2v) is 8.89. The number of benzene rings is 2. The van der Waals surface area contributed by atoms with Crippen LogP contribution in [-0.2, 0) is 14.4 Å². The van der Waals surface area contributed by atoms with Crippen LogP contribution in [0.3, 0.4) is 0 Å². The van der Waals surface area contributed by atoms with Crippen molar-refractivity contribution in [1.82, 2.24) is 15.8 Å². The fourth-order valence-corrected chi connectivity index (χ4v) is 4.61. The van der Waals surface area contributed by atoms with E-state index < -0.39 is 11.8 Å². The largest absolute Gasteiger partial charge is 0.352 e. The molecule has 1 saturated heterocycles. The highest BCUT2D eigenvalue weighted by atomic mass is 32.2. The second kappa shape index (κ2) is 9.36. The quantitative estimate of drug-likeness (QED) is 0.390. The van der Waals surface area contributed by atoms with Crippen molar-refractivity contribution < 1.29 is 14.4 Å². The number of rotatable bonds is 6. The van der Waals surface area contributed by atoms with Gasteiger partial charge in [-0.1, -0.05) is 29.5 Å². The summed E-state index contributed by atoms with van der Waals surface area (Å²) in [7, 11) is 0. The fourth-order valence-electron chi connectivity index (χ4n) is 3.29. The van der Waals surface area contributed by atoms with E-state index in [2.05, 4.69) is 21.2 Å². The Kier molecular flexibility index (Phi) is 6.38. The number of hydrogen-bond donors (Lipinski definition) is 3. The van der Waals surface area contributed by atoms with Gasteiger partial charge in [-0.05, 0) is 36.6 Å². The highest BCUT2D eigenvalue weighted by Crippen LogP contribution is 2.28. The Morgan fingerprint density at radius 2 is 2.03 bits per heavy atom. The average molecular weight is 456 g/mol. The van der Waals surface area contributed by atoms with Gasteiger partial charge in [-0.15, -0.1) is 11.8 Å². The summed E-state index contributed by atoms with van der Waals surface area (Å²) < 4.78 is 1.03. The van der Waals surface area contributed by atoms with Gasteiger partial charge in [0.25, 0.3) is 5.91 Å². The molecule has 2 heterocycles. The highest BCUT2D eigenvalue weighted by Gasteiger charge is 2.35. The van der Waals surface area contributed by atoms with E-state index in [1.165, 1.54) is 11.3 Å². The molecule has 1 atom stereocenters. The number of hydrazine groups is 1. The summed E-state index contributed by atoms with van der Waals surface area (Å²) in [6, 6.07) is 15.3. The Morgan fingerprint density at radius 3 is 2.84 bits per heavy atom. The summed E-state index contributed by atoms with van der Waals surface area (Å²) in [6.07, 6.45) is 2.07. The summed E-state index contributed by atoms with van der Waals surface area (Å²) in [5, 5.41) is 3.58. The van der Waals surface area contributed by atoms with Crippen LogP contribution >= 0.6 is 23.1 Å². The maximum Gasteiger partial charge on any atom is 0.257 e. The van der Waals surface area contributed by atoms with E-state index in [0.29, 0.717) is 5.13 Å². The number of hydrogen-bond acceptors (Lipinski definition) is 7. The van der Waals surface area contributed by atoms with E-state index in [1.807, 2.05) is 54.8 Å². The number of carbonyl (C=O) groups excluding carboxylic acids is 3. The second-order valence-electron chi connectivity index (χ2n) is 6.98. The van der Waals surface area contributed by atoms with Crippen molar-refractivity contribution in [2.45, 2.75) is 11.3 Å². The lowest BCUT2D eigenvalue weighted by molar-refractivity contribution is -0.130. The van der Waals surface area contributed by atoms with E-state index in [-0.39, 0.29) is 31.3 Å². The normalized spacial score (nSPS) is 15.8. The van der Waals surface area contributed by atoms with Gasteiger partial charge in [0.1, 0.15) is 0 Å². The number of fused-ring (bicyclic) bond motifs is 1. The Hall–Kier alpha value is -3.11. The first-order valence-electron chi connectivity index (χ1n) is 9.66. The molecule has 1 aliphatic rings. The number of anilines is 2. The number of amides is 3. The lowest BCUT2D eigenvalue weighted by Gasteiger charge is -2.17. The zero-order chi connectivity index (χ0) is 21.8. The van der Waals surface area contributed by atoms with Gasteiger partial charge in [0, 0.05) is 23.5 Å². The zero-order valence-corrected chi connectivity index (χ0v) is 18.4. The van der Waals surface area contributed by atoms with E-state index in [0.717, 1.165) is 20.8 Å². The molecule has 1 aliphatic heterocycles. The molecule has 160 valence electrons. The van der Waals surface area contributed by atoms with Gasteiger partial charge in [0.15, 0.2) is 5.13 Å². The van der Waals surface area contributed by atoms with Crippen molar-refractivity contribution in [1.29, 1.82) is 0 Å². The molecular formula is C21H21N5O3S2. The molecule has 0 aliphatic carbocycles. The van der Waals surface area contributed by atoms with E-state index in [1.54, 1.807) is 16.7 Å². The van der Waals surface area contributed by atoms with Crippen LogP contribution in [0.4, 0.5) is 10.8 Å². The van der Waals surface area contributed by atoms with Crippen molar-refractivity contribution >= 4 is 61.9 Å². The molecule has 31 heavy (non-hydrogen) atoms. The summed E-state index contributed by atoms with van der Waals surface area (Å²) in [4.78, 5) is 44.0. The van der Waals surface area contributed by atoms with Gasteiger partial charge in [-0.3, -0.25) is 25.2 Å². The number of thioether (sulfide) groups is 1. The van der Waals surface area contributed by atoms with Gasteiger partial charge in [0.05, 0.1) is 22.7 Å². The number of nitrogens with zero attached hydrogens (tertiary/aromatic N) is 2. The van der Waals surface area contributed by atoms with Crippen LogP contribution in [-0.4, -0.2) is 42.1 Å². The van der Waals surface area contributed by atoms with Crippen molar-refractivity contribution in [3.63, 3.8) is 0 Å². The van der Waals surface area contributed by atoms with Crippen molar-refractivity contribution in [3.05, 3.63) is 48.5 Å². The molecular weight excluding hydrogens is 434 g/mol. The number of nitrogens with one attached hydrogen (secondary N) is 3. The first-order valence-corrected chi connectivity index (χ1v) is 11.7. The van der Waals surface area contributed by atoms with Crippen LogP contribution in [0.1, 0.15) is 6.42 Å². The number of carbonyl (C=O) groups is 3. The van der Waals surface area contributed by atoms with Crippen molar-refractivity contribution in [3.8, 4) is 0 Å². The highest BCUT2D eigenvalue weighted by molar-refractivity contribution is 7.98. The van der Waals surface area contributed by atoms with Gasteiger partial charge in [-0.2, -0.15) is 0 Å². The third kappa shape index (κ3) is 4.97. The molecule has 8 nitrogen and oxygen atoms in total. The number of thiazole rings is 1. The first-order chi connectivity index (χ1) is 15.0. The van der Waals surface area contributed by atoms with E-state index >= 15 is 0 Å².